The molecular formula is C9H13NO3. The van der Waals surface area contributed by atoms with Crippen molar-refractivity contribution in [3.05, 3.63) is 0 Å². The summed E-state index contributed by atoms with van der Waals surface area (Å²) in [5, 5.41) is 0. The lowest BCUT2D eigenvalue weighted by atomic mass is 9.98. The van der Waals surface area contributed by atoms with Crippen molar-refractivity contribution >= 4 is 11.8 Å². The van der Waals surface area contributed by atoms with Gasteiger partial charge in [0.2, 0.25) is 0 Å². The molecule has 0 radical (unpaired) electrons. The predicted molar refractivity (Wildman–Crippen MR) is 45.1 cm³/mol. The maximum Gasteiger partial charge on any atom is 0.310 e. The summed E-state index contributed by atoms with van der Waals surface area (Å²) < 4.78 is 4.67. The summed E-state index contributed by atoms with van der Waals surface area (Å²) in [6.45, 7) is 1.67. The summed E-state index contributed by atoms with van der Waals surface area (Å²) in [5.41, 5.74) is 0. The van der Waals surface area contributed by atoms with Crippen molar-refractivity contribution in [1.29, 1.82) is 0 Å². The standard InChI is InChI=1S/C9H13NO3/c1-13-9(12)6-2-4-10-5-3-7(11)8(6)10/h6,8H,2-5H2,1H3/t6-,8-/m1/s1. The Kier molecular flexibility index (Phi) is 2.07. The van der Waals surface area contributed by atoms with Crippen molar-refractivity contribution in [3.8, 4) is 0 Å². The summed E-state index contributed by atoms with van der Waals surface area (Å²) in [4.78, 5) is 24.8. The van der Waals surface area contributed by atoms with Crippen molar-refractivity contribution in [2.24, 2.45) is 5.92 Å². The van der Waals surface area contributed by atoms with E-state index in [1.807, 2.05) is 0 Å². The molecule has 0 unspecified atom stereocenters. The second kappa shape index (κ2) is 3.10. The number of hydrogen-bond acceptors (Lipinski definition) is 4. The Morgan fingerprint density at radius 3 is 3.00 bits per heavy atom. The highest BCUT2D eigenvalue weighted by molar-refractivity contribution is 5.92. The predicted octanol–water partition coefficient (Wildman–Crippen LogP) is -0.177. The Labute approximate surface area is 76.8 Å². The van der Waals surface area contributed by atoms with Crippen molar-refractivity contribution < 1.29 is 14.3 Å². The number of Topliss-reactive ketones (excluding diaryl/α,β-unsaturated/α-hetero) is 1. The molecule has 0 spiro atoms. The van der Waals surface area contributed by atoms with Crippen LogP contribution in [0.5, 0.6) is 0 Å². The highest BCUT2D eigenvalue weighted by Gasteiger charge is 2.46. The zero-order valence-corrected chi connectivity index (χ0v) is 7.66. The third-order valence-corrected chi connectivity index (χ3v) is 2.98. The Morgan fingerprint density at radius 2 is 2.31 bits per heavy atom. The fourth-order valence-electron chi connectivity index (χ4n) is 2.34. The lowest BCUT2D eigenvalue weighted by molar-refractivity contribution is -0.147. The topological polar surface area (TPSA) is 46.6 Å². The van der Waals surface area contributed by atoms with E-state index in [-0.39, 0.29) is 23.7 Å². The van der Waals surface area contributed by atoms with Crippen LogP contribution < -0.4 is 0 Å². The molecule has 2 aliphatic rings. The number of carbonyl (C=O) groups excluding carboxylic acids is 2. The molecule has 2 rings (SSSR count). The molecule has 4 nitrogen and oxygen atoms in total. The first-order chi connectivity index (χ1) is 6.24. The van der Waals surface area contributed by atoms with Crippen molar-refractivity contribution in [2.45, 2.75) is 18.9 Å². The van der Waals surface area contributed by atoms with Gasteiger partial charge in [-0.3, -0.25) is 14.5 Å². The molecule has 13 heavy (non-hydrogen) atoms. The van der Waals surface area contributed by atoms with Crippen LogP contribution in [0.4, 0.5) is 0 Å². The second-order valence-corrected chi connectivity index (χ2v) is 3.62. The number of nitrogens with zero attached hydrogens (tertiary/aromatic N) is 1. The van der Waals surface area contributed by atoms with Crippen LogP contribution in [-0.2, 0) is 14.3 Å². The van der Waals surface area contributed by atoms with E-state index in [1.54, 1.807) is 0 Å². The van der Waals surface area contributed by atoms with E-state index < -0.39 is 0 Å². The third-order valence-electron chi connectivity index (χ3n) is 2.98. The normalized spacial score (nSPS) is 33.5. The monoisotopic (exact) mass is 183 g/mol. The van der Waals surface area contributed by atoms with Crippen molar-refractivity contribution in [3.63, 3.8) is 0 Å². The van der Waals surface area contributed by atoms with Crippen molar-refractivity contribution in [2.75, 3.05) is 20.2 Å². The average Bonchev–Trinajstić information content (AvgIpc) is 2.68. The highest BCUT2D eigenvalue weighted by atomic mass is 16.5. The average molecular weight is 183 g/mol. The largest absolute Gasteiger partial charge is 0.469 e. The number of fused-ring (bicyclic) bond motifs is 1. The van der Waals surface area contributed by atoms with E-state index in [1.165, 1.54) is 7.11 Å². The summed E-state index contributed by atoms with van der Waals surface area (Å²) in [7, 11) is 1.38. The van der Waals surface area contributed by atoms with E-state index in [9.17, 15) is 9.59 Å². The van der Waals surface area contributed by atoms with E-state index in [4.69, 9.17) is 0 Å². The van der Waals surface area contributed by atoms with Gasteiger partial charge in [0.05, 0.1) is 19.1 Å². The molecule has 0 N–H and O–H groups in total. The molecule has 2 fully saturated rings. The summed E-state index contributed by atoms with van der Waals surface area (Å²) in [6, 6.07) is -0.174. The van der Waals surface area contributed by atoms with E-state index >= 15 is 0 Å². The zero-order valence-electron chi connectivity index (χ0n) is 7.66. The first-order valence-electron chi connectivity index (χ1n) is 4.58. The zero-order chi connectivity index (χ0) is 9.42. The number of hydrogen-bond donors (Lipinski definition) is 0. The van der Waals surface area contributed by atoms with Crippen LogP contribution in [0.2, 0.25) is 0 Å². The molecule has 2 aliphatic heterocycles. The van der Waals surface area contributed by atoms with E-state index in [0.29, 0.717) is 6.42 Å². The van der Waals surface area contributed by atoms with Gasteiger partial charge in [-0.15, -0.1) is 0 Å². The first kappa shape index (κ1) is 8.69. The molecule has 0 bridgehead atoms. The van der Waals surface area contributed by atoms with Crippen LogP contribution in [0.15, 0.2) is 0 Å². The fourth-order valence-corrected chi connectivity index (χ4v) is 2.34. The van der Waals surface area contributed by atoms with Gasteiger partial charge in [0.15, 0.2) is 5.78 Å². The van der Waals surface area contributed by atoms with Gasteiger partial charge in [0.1, 0.15) is 0 Å². The van der Waals surface area contributed by atoms with Crippen LogP contribution in [0, 0.1) is 5.92 Å². The molecule has 0 amide bonds. The minimum absolute atomic E-state index is 0.174. The minimum atomic E-state index is -0.234. The second-order valence-electron chi connectivity index (χ2n) is 3.62. The van der Waals surface area contributed by atoms with Crippen molar-refractivity contribution in [1.82, 2.24) is 4.90 Å². The van der Waals surface area contributed by atoms with Gasteiger partial charge in [-0.05, 0) is 13.0 Å². The van der Waals surface area contributed by atoms with Gasteiger partial charge in [-0.2, -0.15) is 0 Å². The van der Waals surface area contributed by atoms with Crippen LogP contribution in [-0.4, -0.2) is 42.9 Å². The van der Waals surface area contributed by atoms with Gasteiger partial charge in [-0.1, -0.05) is 0 Å². The van der Waals surface area contributed by atoms with Gasteiger partial charge < -0.3 is 4.74 Å². The van der Waals surface area contributed by atoms with Gasteiger partial charge >= 0.3 is 5.97 Å². The van der Waals surface area contributed by atoms with Crippen LogP contribution in [0.3, 0.4) is 0 Å². The lowest BCUT2D eigenvalue weighted by Gasteiger charge is -2.16. The summed E-state index contributed by atoms with van der Waals surface area (Å²) in [5.74, 6) is -0.240. The Balaban J connectivity index is 2.14. The minimum Gasteiger partial charge on any atom is -0.469 e. The Morgan fingerprint density at radius 1 is 1.54 bits per heavy atom. The quantitative estimate of drug-likeness (QED) is 0.529. The van der Waals surface area contributed by atoms with E-state index in [0.717, 1.165) is 19.5 Å². The van der Waals surface area contributed by atoms with Gasteiger partial charge in [0.25, 0.3) is 0 Å². The number of rotatable bonds is 1. The third kappa shape index (κ3) is 1.25. The number of methoxy groups -OCH3 is 1. The van der Waals surface area contributed by atoms with Gasteiger partial charge in [-0.25, -0.2) is 0 Å². The molecule has 2 saturated heterocycles. The molecular weight excluding hydrogens is 170 g/mol. The highest BCUT2D eigenvalue weighted by Crippen LogP contribution is 2.31. The molecule has 2 heterocycles. The SMILES string of the molecule is COC(=O)[C@@H]1CCN2CCC(=O)[C@@H]12. The van der Waals surface area contributed by atoms with Crippen LogP contribution in [0.25, 0.3) is 0 Å². The number of ether oxygens (including phenoxy) is 1. The molecule has 72 valence electrons. The Hall–Kier alpha value is -0.900. The molecule has 0 aliphatic carbocycles. The smallest absolute Gasteiger partial charge is 0.310 e. The maximum atomic E-state index is 11.4. The van der Waals surface area contributed by atoms with Crippen LogP contribution in [0.1, 0.15) is 12.8 Å². The Bertz CT molecular complexity index is 251. The number of carbonyl (C=O) groups is 2. The molecule has 0 aromatic rings. The first-order valence-corrected chi connectivity index (χ1v) is 4.58. The summed E-state index contributed by atoms with van der Waals surface area (Å²) in [6.07, 6.45) is 1.36. The van der Waals surface area contributed by atoms with Gasteiger partial charge in [0, 0.05) is 13.0 Å². The maximum absolute atomic E-state index is 11.4. The summed E-state index contributed by atoms with van der Waals surface area (Å²) >= 11 is 0. The molecule has 4 heteroatoms. The lowest BCUT2D eigenvalue weighted by Crippen LogP contribution is -2.35. The molecule has 0 aromatic heterocycles. The number of ketones is 1. The number of esters is 1. The van der Waals surface area contributed by atoms with Crippen LogP contribution >= 0.6 is 0 Å². The van der Waals surface area contributed by atoms with E-state index in [2.05, 4.69) is 9.64 Å². The fraction of sp³-hybridized carbons (Fsp3) is 0.778. The molecule has 0 saturated carbocycles. The molecule has 2 atom stereocenters. The molecule has 0 aromatic carbocycles.